The fourth-order valence-corrected chi connectivity index (χ4v) is 4.56. The maximum absolute atomic E-state index is 13.2. The van der Waals surface area contributed by atoms with Crippen LogP contribution in [0.25, 0.3) is 11.3 Å². The van der Waals surface area contributed by atoms with Crippen LogP contribution in [0.4, 0.5) is 17.1 Å². The minimum Gasteiger partial charge on any atom is -0.354 e. The zero-order valence-electron chi connectivity index (χ0n) is 21.1. The molecule has 0 aliphatic carbocycles. The number of carbonyl (C=O) groups excluding carboxylic acids is 2. The molecular weight excluding hydrogens is 496 g/mol. The fraction of sp³-hybridized carbons (Fsp3) is 0.0968. The van der Waals surface area contributed by atoms with Gasteiger partial charge >= 0.3 is 0 Å². The summed E-state index contributed by atoms with van der Waals surface area (Å²) in [6.07, 6.45) is 0. The van der Waals surface area contributed by atoms with Crippen molar-refractivity contribution in [2.45, 2.75) is 6.54 Å². The molecule has 0 atom stereocenters. The highest BCUT2D eigenvalue weighted by Crippen LogP contribution is 2.39. The minimum absolute atomic E-state index is 0.186. The standard InChI is InChI=1S/C31H27ClN4O2/c1-36(2)19-20-8-13-24(14-9-20)33-29(28-26-17-12-23(32)18-27(26)35-31(28)38)21-10-15-25(16-11-21)34-30(37)22-6-4-3-5-7-22/h3-18,33H,19H2,1-2H3,(H,34,37)(H,35,38). The maximum atomic E-state index is 13.2. The molecule has 1 aliphatic heterocycles. The molecule has 0 bridgehead atoms. The quantitative estimate of drug-likeness (QED) is 0.239. The van der Waals surface area contributed by atoms with Crippen LogP contribution in [-0.4, -0.2) is 30.8 Å². The van der Waals surface area contributed by atoms with Crippen LogP contribution in [-0.2, 0) is 11.3 Å². The van der Waals surface area contributed by atoms with Crippen molar-refractivity contribution in [1.29, 1.82) is 0 Å². The van der Waals surface area contributed by atoms with E-state index >= 15 is 0 Å². The van der Waals surface area contributed by atoms with Crippen LogP contribution in [0.2, 0.25) is 5.02 Å². The number of nitrogens with zero attached hydrogens (tertiary/aromatic N) is 1. The van der Waals surface area contributed by atoms with Crippen LogP contribution < -0.4 is 16.0 Å². The van der Waals surface area contributed by atoms with E-state index in [-0.39, 0.29) is 11.8 Å². The van der Waals surface area contributed by atoms with Crippen molar-refractivity contribution < 1.29 is 9.59 Å². The third-order valence-corrected chi connectivity index (χ3v) is 6.40. The maximum Gasteiger partial charge on any atom is 0.258 e. The first-order valence-electron chi connectivity index (χ1n) is 12.2. The molecule has 1 heterocycles. The molecule has 4 aromatic rings. The first-order chi connectivity index (χ1) is 18.4. The normalized spacial score (nSPS) is 13.6. The van der Waals surface area contributed by atoms with E-state index in [9.17, 15) is 9.59 Å². The summed E-state index contributed by atoms with van der Waals surface area (Å²) in [5.41, 5.74) is 6.70. The number of halogens is 1. The van der Waals surface area contributed by atoms with Gasteiger partial charge in [-0.1, -0.05) is 60.1 Å². The van der Waals surface area contributed by atoms with Crippen LogP contribution in [0, 0.1) is 0 Å². The second kappa shape index (κ2) is 10.9. The Morgan fingerprint density at radius 3 is 2.16 bits per heavy atom. The molecule has 38 heavy (non-hydrogen) atoms. The van der Waals surface area contributed by atoms with E-state index in [0.717, 1.165) is 23.4 Å². The number of anilines is 3. The average Bonchev–Trinajstić information content (AvgIpc) is 3.23. The summed E-state index contributed by atoms with van der Waals surface area (Å²) in [6.45, 7) is 0.834. The zero-order chi connectivity index (χ0) is 26.6. The SMILES string of the molecule is CN(C)Cc1ccc(NC(=C2C(=O)Nc3cc(Cl)ccc32)c2ccc(NC(=O)c3ccccc3)cc2)cc1. The molecule has 2 amide bonds. The summed E-state index contributed by atoms with van der Waals surface area (Å²) in [5, 5.41) is 9.87. The van der Waals surface area contributed by atoms with E-state index in [1.54, 1.807) is 24.3 Å². The number of fused-ring (bicyclic) bond motifs is 1. The van der Waals surface area contributed by atoms with Crippen molar-refractivity contribution in [3.8, 4) is 0 Å². The van der Waals surface area contributed by atoms with Gasteiger partial charge in [0.1, 0.15) is 0 Å². The average molecular weight is 523 g/mol. The van der Waals surface area contributed by atoms with Gasteiger partial charge in [0.15, 0.2) is 0 Å². The lowest BCUT2D eigenvalue weighted by Gasteiger charge is -2.16. The molecule has 5 rings (SSSR count). The van der Waals surface area contributed by atoms with Gasteiger partial charge in [0, 0.05) is 34.1 Å². The molecule has 0 saturated carbocycles. The summed E-state index contributed by atoms with van der Waals surface area (Å²) >= 11 is 6.18. The highest BCUT2D eigenvalue weighted by Gasteiger charge is 2.28. The Labute approximate surface area is 226 Å². The van der Waals surface area contributed by atoms with Gasteiger partial charge < -0.3 is 20.9 Å². The van der Waals surface area contributed by atoms with E-state index in [1.807, 2.05) is 74.8 Å². The monoisotopic (exact) mass is 522 g/mol. The van der Waals surface area contributed by atoms with Gasteiger partial charge in [-0.3, -0.25) is 9.59 Å². The number of benzene rings is 4. The Morgan fingerprint density at radius 2 is 1.47 bits per heavy atom. The van der Waals surface area contributed by atoms with Gasteiger partial charge in [0.05, 0.1) is 17.0 Å². The van der Waals surface area contributed by atoms with E-state index in [1.165, 1.54) is 5.56 Å². The van der Waals surface area contributed by atoms with Gasteiger partial charge in [-0.2, -0.15) is 0 Å². The summed E-state index contributed by atoms with van der Waals surface area (Å²) < 4.78 is 0. The van der Waals surface area contributed by atoms with Gasteiger partial charge in [0.25, 0.3) is 11.8 Å². The lowest BCUT2D eigenvalue weighted by atomic mass is 9.99. The molecule has 1 aliphatic rings. The third-order valence-electron chi connectivity index (χ3n) is 6.17. The van der Waals surface area contributed by atoms with Crippen LogP contribution in [0.3, 0.4) is 0 Å². The predicted molar refractivity (Wildman–Crippen MR) is 155 cm³/mol. The van der Waals surface area contributed by atoms with Crippen LogP contribution in [0.15, 0.2) is 97.1 Å². The van der Waals surface area contributed by atoms with Crippen LogP contribution in [0.5, 0.6) is 0 Å². The van der Waals surface area contributed by atoms with Crippen molar-refractivity contribution in [2.24, 2.45) is 0 Å². The molecular formula is C31H27ClN4O2. The van der Waals surface area contributed by atoms with E-state index < -0.39 is 0 Å². The van der Waals surface area contributed by atoms with Crippen LogP contribution >= 0.6 is 11.6 Å². The van der Waals surface area contributed by atoms with Crippen molar-refractivity contribution in [2.75, 3.05) is 30.0 Å². The van der Waals surface area contributed by atoms with Crippen LogP contribution in [0.1, 0.15) is 27.0 Å². The fourth-order valence-electron chi connectivity index (χ4n) is 4.39. The van der Waals surface area contributed by atoms with E-state index in [4.69, 9.17) is 11.6 Å². The number of hydrogen-bond donors (Lipinski definition) is 3. The zero-order valence-corrected chi connectivity index (χ0v) is 21.8. The number of amides is 2. The first-order valence-corrected chi connectivity index (χ1v) is 12.6. The van der Waals surface area contributed by atoms with Gasteiger partial charge in [-0.25, -0.2) is 0 Å². The van der Waals surface area contributed by atoms with E-state index in [0.29, 0.717) is 33.2 Å². The molecule has 4 aromatic carbocycles. The second-order valence-corrected chi connectivity index (χ2v) is 9.79. The van der Waals surface area contributed by atoms with Crippen molar-refractivity contribution in [3.63, 3.8) is 0 Å². The molecule has 190 valence electrons. The number of rotatable bonds is 7. The Kier molecular flexibility index (Phi) is 7.26. The molecule has 0 spiro atoms. The highest BCUT2D eigenvalue weighted by atomic mass is 35.5. The molecule has 3 N–H and O–H groups in total. The number of hydrogen-bond acceptors (Lipinski definition) is 4. The molecule has 0 unspecified atom stereocenters. The van der Waals surface area contributed by atoms with Gasteiger partial charge in [-0.15, -0.1) is 0 Å². The predicted octanol–water partition coefficient (Wildman–Crippen LogP) is 6.59. The summed E-state index contributed by atoms with van der Waals surface area (Å²) in [7, 11) is 4.06. The third kappa shape index (κ3) is 5.62. The number of carbonyl (C=O) groups is 2. The lowest BCUT2D eigenvalue weighted by Crippen LogP contribution is -2.12. The lowest BCUT2D eigenvalue weighted by molar-refractivity contribution is -0.110. The molecule has 0 radical (unpaired) electrons. The Hall–Kier alpha value is -4.39. The molecule has 6 nitrogen and oxygen atoms in total. The largest absolute Gasteiger partial charge is 0.354 e. The van der Waals surface area contributed by atoms with E-state index in [2.05, 4.69) is 33.0 Å². The Balaban J connectivity index is 1.50. The summed E-state index contributed by atoms with van der Waals surface area (Å²) in [5.74, 6) is -0.399. The second-order valence-electron chi connectivity index (χ2n) is 9.35. The smallest absolute Gasteiger partial charge is 0.258 e. The molecule has 0 aromatic heterocycles. The minimum atomic E-state index is -0.213. The molecule has 0 fully saturated rings. The topological polar surface area (TPSA) is 73.5 Å². The van der Waals surface area contributed by atoms with Crippen molar-refractivity contribution in [3.05, 3.63) is 124 Å². The Morgan fingerprint density at radius 1 is 0.816 bits per heavy atom. The Bertz CT molecular complexity index is 1510. The first kappa shape index (κ1) is 25.3. The van der Waals surface area contributed by atoms with Crippen molar-refractivity contribution >= 4 is 51.7 Å². The summed E-state index contributed by atoms with van der Waals surface area (Å²) in [4.78, 5) is 27.9. The van der Waals surface area contributed by atoms with Crippen molar-refractivity contribution in [1.82, 2.24) is 4.90 Å². The summed E-state index contributed by atoms with van der Waals surface area (Å²) in [6, 6.07) is 30.0. The number of nitrogens with one attached hydrogen (secondary N) is 3. The molecule has 7 heteroatoms. The van der Waals surface area contributed by atoms with Gasteiger partial charge in [0.2, 0.25) is 0 Å². The highest BCUT2D eigenvalue weighted by molar-refractivity contribution is 6.38. The molecule has 0 saturated heterocycles. The van der Waals surface area contributed by atoms with Gasteiger partial charge in [-0.05, 0) is 73.8 Å².